The predicted molar refractivity (Wildman–Crippen MR) is 54.8 cm³/mol. The van der Waals surface area contributed by atoms with Crippen molar-refractivity contribution in [3.63, 3.8) is 0 Å². The molecule has 1 saturated heterocycles. The fourth-order valence-corrected chi connectivity index (χ4v) is 2.57. The molecule has 2 rings (SSSR count). The van der Waals surface area contributed by atoms with Crippen LogP contribution in [-0.4, -0.2) is 25.5 Å². The summed E-state index contributed by atoms with van der Waals surface area (Å²) in [6.07, 6.45) is 5.36. The average molecular weight is 199 g/mol. The molecule has 4 atom stereocenters. The first-order valence-corrected chi connectivity index (χ1v) is 5.76. The standard InChI is InChI=1S/C11H21NO2/c1-8-3-2-4-9(5-8)11-13-7-10(6-12)14-11/h8-11H,2-7,12H2,1H3. The first-order valence-electron chi connectivity index (χ1n) is 5.76. The van der Waals surface area contributed by atoms with E-state index in [0.29, 0.717) is 19.1 Å². The third-order valence-corrected chi connectivity index (χ3v) is 3.40. The molecule has 0 amide bonds. The van der Waals surface area contributed by atoms with Gasteiger partial charge in [0.05, 0.1) is 12.7 Å². The highest BCUT2D eigenvalue weighted by atomic mass is 16.7. The van der Waals surface area contributed by atoms with E-state index < -0.39 is 0 Å². The average Bonchev–Trinajstić information content (AvgIpc) is 2.66. The van der Waals surface area contributed by atoms with Crippen molar-refractivity contribution in [2.45, 2.75) is 45.0 Å². The fourth-order valence-electron chi connectivity index (χ4n) is 2.57. The predicted octanol–water partition coefficient (Wildman–Crippen LogP) is 1.51. The summed E-state index contributed by atoms with van der Waals surface area (Å²) in [7, 11) is 0. The number of hydrogen-bond donors (Lipinski definition) is 1. The van der Waals surface area contributed by atoms with Gasteiger partial charge in [0, 0.05) is 12.5 Å². The van der Waals surface area contributed by atoms with Crippen LogP contribution >= 0.6 is 0 Å². The number of hydrogen-bond acceptors (Lipinski definition) is 3. The minimum absolute atomic E-state index is 0.0336. The Bertz CT molecular complexity index is 186. The summed E-state index contributed by atoms with van der Waals surface area (Å²) < 4.78 is 11.4. The van der Waals surface area contributed by atoms with E-state index in [-0.39, 0.29) is 12.4 Å². The van der Waals surface area contributed by atoms with Gasteiger partial charge in [-0.25, -0.2) is 0 Å². The summed E-state index contributed by atoms with van der Waals surface area (Å²) in [5.74, 6) is 1.44. The molecule has 14 heavy (non-hydrogen) atoms. The highest BCUT2D eigenvalue weighted by Gasteiger charge is 2.34. The molecule has 1 saturated carbocycles. The number of rotatable bonds is 2. The molecular weight excluding hydrogens is 178 g/mol. The van der Waals surface area contributed by atoms with Gasteiger partial charge < -0.3 is 15.2 Å². The van der Waals surface area contributed by atoms with Crippen molar-refractivity contribution in [3.8, 4) is 0 Å². The van der Waals surface area contributed by atoms with Gasteiger partial charge in [0.15, 0.2) is 6.29 Å². The molecule has 0 aromatic carbocycles. The van der Waals surface area contributed by atoms with Gasteiger partial charge in [0.25, 0.3) is 0 Å². The monoisotopic (exact) mass is 199 g/mol. The third kappa shape index (κ3) is 2.27. The Balaban J connectivity index is 1.83. The van der Waals surface area contributed by atoms with Crippen molar-refractivity contribution in [2.24, 2.45) is 17.6 Å². The highest BCUT2D eigenvalue weighted by molar-refractivity contribution is 4.77. The lowest BCUT2D eigenvalue weighted by molar-refractivity contribution is -0.107. The Hall–Kier alpha value is -0.120. The molecule has 2 aliphatic rings. The van der Waals surface area contributed by atoms with E-state index in [2.05, 4.69) is 6.92 Å². The molecule has 0 aromatic heterocycles. The summed E-state index contributed by atoms with van der Waals surface area (Å²) in [5, 5.41) is 0. The number of ether oxygens (including phenoxy) is 2. The molecule has 0 bridgehead atoms. The minimum Gasteiger partial charge on any atom is -0.350 e. The molecule has 0 radical (unpaired) electrons. The van der Waals surface area contributed by atoms with Gasteiger partial charge in [-0.05, 0) is 18.8 Å². The maximum Gasteiger partial charge on any atom is 0.161 e. The second kappa shape index (κ2) is 4.60. The van der Waals surface area contributed by atoms with Crippen molar-refractivity contribution in [2.75, 3.05) is 13.2 Å². The maximum atomic E-state index is 5.75. The lowest BCUT2D eigenvalue weighted by atomic mass is 9.82. The topological polar surface area (TPSA) is 44.5 Å². The van der Waals surface area contributed by atoms with Gasteiger partial charge in [0.1, 0.15) is 0 Å². The van der Waals surface area contributed by atoms with Crippen molar-refractivity contribution in [1.29, 1.82) is 0 Å². The highest BCUT2D eigenvalue weighted by Crippen LogP contribution is 2.34. The molecule has 3 heteroatoms. The quantitative estimate of drug-likeness (QED) is 0.733. The van der Waals surface area contributed by atoms with E-state index in [1.54, 1.807) is 0 Å². The second-order valence-electron chi connectivity index (χ2n) is 4.73. The molecule has 3 nitrogen and oxygen atoms in total. The first-order chi connectivity index (χ1) is 6.79. The lowest BCUT2D eigenvalue weighted by Gasteiger charge is -2.30. The van der Waals surface area contributed by atoms with E-state index in [0.717, 1.165) is 5.92 Å². The first kappa shape index (κ1) is 10.4. The van der Waals surface area contributed by atoms with Gasteiger partial charge in [-0.3, -0.25) is 0 Å². The maximum absolute atomic E-state index is 5.75. The molecule has 2 N–H and O–H groups in total. The Labute approximate surface area is 85.9 Å². The molecule has 0 aromatic rings. The smallest absolute Gasteiger partial charge is 0.161 e. The van der Waals surface area contributed by atoms with Gasteiger partial charge >= 0.3 is 0 Å². The molecule has 82 valence electrons. The summed E-state index contributed by atoms with van der Waals surface area (Å²) in [4.78, 5) is 0. The third-order valence-electron chi connectivity index (χ3n) is 3.40. The molecule has 4 unspecified atom stereocenters. The van der Waals surface area contributed by atoms with E-state index in [9.17, 15) is 0 Å². The minimum atomic E-state index is 0.0336. The van der Waals surface area contributed by atoms with Gasteiger partial charge in [-0.1, -0.05) is 19.8 Å². The summed E-state index contributed by atoms with van der Waals surface area (Å²) in [5.41, 5.74) is 5.55. The molecular formula is C11H21NO2. The van der Waals surface area contributed by atoms with Gasteiger partial charge in [-0.2, -0.15) is 0 Å². The van der Waals surface area contributed by atoms with Crippen molar-refractivity contribution in [1.82, 2.24) is 0 Å². The van der Waals surface area contributed by atoms with Crippen LogP contribution in [-0.2, 0) is 9.47 Å². The summed E-state index contributed by atoms with van der Waals surface area (Å²) in [6.45, 7) is 3.59. The zero-order chi connectivity index (χ0) is 9.97. The van der Waals surface area contributed by atoms with Crippen molar-refractivity contribution in [3.05, 3.63) is 0 Å². The van der Waals surface area contributed by atoms with E-state index >= 15 is 0 Å². The van der Waals surface area contributed by atoms with Crippen LogP contribution in [0.4, 0.5) is 0 Å². The summed E-state index contributed by atoms with van der Waals surface area (Å²) >= 11 is 0. The van der Waals surface area contributed by atoms with Crippen molar-refractivity contribution >= 4 is 0 Å². The molecule has 2 fully saturated rings. The van der Waals surface area contributed by atoms with E-state index in [1.165, 1.54) is 25.7 Å². The van der Waals surface area contributed by atoms with Crippen LogP contribution in [0.15, 0.2) is 0 Å². The zero-order valence-corrected chi connectivity index (χ0v) is 8.95. The van der Waals surface area contributed by atoms with Crippen LogP contribution in [0.5, 0.6) is 0 Å². The lowest BCUT2D eigenvalue weighted by Crippen LogP contribution is -2.28. The largest absolute Gasteiger partial charge is 0.350 e. The van der Waals surface area contributed by atoms with Crippen LogP contribution < -0.4 is 5.73 Å². The normalized spacial score (nSPS) is 44.1. The second-order valence-corrected chi connectivity index (χ2v) is 4.73. The Morgan fingerprint density at radius 3 is 2.86 bits per heavy atom. The molecule has 1 aliphatic carbocycles. The van der Waals surface area contributed by atoms with E-state index in [4.69, 9.17) is 15.2 Å². The molecule has 1 aliphatic heterocycles. The Kier molecular flexibility index (Phi) is 3.42. The molecule has 1 heterocycles. The van der Waals surface area contributed by atoms with Crippen LogP contribution in [0, 0.1) is 11.8 Å². The van der Waals surface area contributed by atoms with Crippen LogP contribution in [0.2, 0.25) is 0 Å². The van der Waals surface area contributed by atoms with Gasteiger partial charge in [0.2, 0.25) is 0 Å². The summed E-state index contributed by atoms with van der Waals surface area (Å²) in [6, 6.07) is 0. The van der Waals surface area contributed by atoms with Crippen LogP contribution in [0.1, 0.15) is 32.6 Å². The Morgan fingerprint density at radius 1 is 1.36 bits per heavy atom. The molecule has 0 spiro atoms. The zero-order valence-electron chi connectivity index (χ0n) is 8.95. The SMILES string of the molecule is CC1CCCC(C2OCC(CN)O2)C1. The van der Waals surface area contributed by atoms with Crippen LogP contribution in [0.25, 0.3) is 0 Å². The van der Waals surface area contributed by atoms with Gasteiger partial charge in [-0.15, -0.1) is 0 Å². The van der Waals surface area contributed by atoms with E-state index in [1.807, 2.05) is 0 Å². The van der Waals surface area contributed by atoms with Crippen molar-refractivity contribution < 1.29 is 9.47 Å². The fraction of sp³-hybridized carbons (Fsp3) is 1.00. The number of nitrogens with two attached hydrogens (primary N) is 1. The van der Waals surface area contributed by atoms with Crippen LogP contribution in [0.3, 0.4) is 0 Å². The Morgan fingerprint density at radius 2 is 2.21 bits per heavy atom.